The molecule has 0 amide bonds. The molecular formula is C13H14ClN3O. The molecule has 0 fully saturated rings. The molecule has 4 nitrogen and oxygen atoms in total. The zero-order valence-electron chi connectivity index (χ0n) is 10.0. The van der Waals surface area contributed by atoms with Gasteiger partial charge in [0.15, 0.2) is 0 Å². The number of methoxy groups -OCH3 is 1. The van der Waals surface area contributed by atoms with Crippen LogP contribution in [-0.4, -0.2) is 17.1 Å². The topological polar surface area (TPSA) is 61.0 Å². The molecule has 1 aromatic carbocycles. The molecule has 2 N–H and O–H groups in total. The Labute approximate surface area is 111 Å². The fraction of sp³-hybridized carbons (Fsp3) is 0.231. The van der Waals surface area contributed by atoms with E-state index in [9.17, 15) is 0 Å². The number of hydrogen-bond acceptors (Lipinski definition) is 4. The van der Waals surface area contributed by atoms with E-state index in [1.807, 2.05) is 12.1 Å². The SMILES string of the molecule is COc1ccc(Cl)cc1CC(N)c1ncccn1. The molecule has 0 spiro atoms. The third kappa shape index (κ3) is 2.97. The van der Waals surface area contributed by atoms with Gasteiger partial charge >= 0.3 is 0 Å². The Morgan fingerprint density at radius 2 is 2.06 bits per heavy atom. The highest BCUT2D eigenvalue weighted by atomic mass is 35.5. The summed E-state index contributed by atoms with van der Waals surface area (Å²) < 4.78 is 5.28. The molecule has 0 aliphatic carbocycles. The van der Waals surface area contributed by atoms with Gasteiger partial charge in [-0.3, -0.25) is 0 Å². The summed E-state index contributed by atoms with van der Waals surface area (Å²) in [4.78, 5) is 8.29. The van der Waals surface area contributed by atoms with Crippen LogP contribution < -0.4 is 10.5 Å². The van der Waals surface area contributed by atoms with Crippen molar-refractivity contribution in [2.75, 3.05) is 7.11 Å². The zero-order valence-corrected chi connectivity index (χ0v) is 10.8. The van der Waals surface area contributed by atoms with Gasteiger partial charge in [0, 0.05) is 17.4 Å². The smallest absolute Gasteiger partial charge is 0.145 e. The lowest BCUT2D eigenvalue weighted by Gasteiger charge is -2.13. The van der Waals surface area contributed by atoms with E-state index in [1.165, 1.54) is 0 Å². The fourth-order valence-corrected chi connectivity index (χ4v) is 1.93. The monoisotopic (exact) mass is 263 g/mol. The van der Waals surface area contributed by atoms with Crippen molar-refractivity contribution in [3.05, 3.63) is 53.1 Å². The summed E-state index contributed by atoms with van der Waals surface area (Å²) in [7, 11) is 1.62. The second kappa shape index (κ2) is 5.80. The van der Waals surface area contributed by atoms with Gasteiger partial charge in [0.2, 0.25) is 0 Å². The summed E-state index contributed by atoms with van der Waals surface area (Å²) in [5, 5.41) is 0.659. The summed E-state index contributed by atoms with van der Waals surface area (Å²) in [6, 6.07) is 6.95. The van der Waals surface area contributed by atoms with Crippen molar-refractivity contribution in [3.8, 4) is 5.75 Å². The molecule has 94 valence electrons. The first-order valence-electron chi connectivity index (χ1n) is 5.55. The standard InChI is InChI=1S/C13H14ClN3O/c1-18-12-4-3-10(14)7-9(12)8-11(15)13-16-5-2-6-17-13/h2-7,11H,8,15H2,1H3. The molecule has 1 atom stereocenters. The highest BCUT2D eigenvalue weighted by molar-refractivity contribution is 6.30. The van der Waals surface area contributed by atoms with Crippen LogP contribution in [-0.2, 0) is 6.42 Å². The van der Waals surface area contributed by atoms with Gasteiger partial charge in [-0.05, 0) is 36.2 Å². The average Bonchev–Trinajstić information content (AvgIpc) is 2.40. The third-order valence-corrected chi connectivity index (χ3v) is 2.83. The van der Waals surface area contributed by atoms with Crippen molar-refractivity contribution in [1.82, 2.24) is 9.97 Å². The molecule has 18 heavy (non-hydrogen) atoms. The van der Waals surface area contributed by atoms with E-state index in [1.54, 1.807) is 31.6 Å². The molecule has 1 aromatic heterocycles. The van der Waals surface area contributed by atoms with Crippen LogP contribution in [0, 0.1) is 0 Å². The predicted octanol–water partition coefficient (Wildman–Crippen LogP) is 2.38. The largest absolute Gasteiger partial charge is 0.496 e. The van der Waals surface area contributed by atoms with Crippen LogP contribution in [0.1, 0.15) is 17.4 Å². The minimum Gasteiger partial charge on any atom is -0.496 e. The molecule has 5 heteroatoms. The molecule has 0 saturated heterocycles. The van der Waals surface area contributed by atoms with Crippen molar-refractivity contribution in [1.29, 1.82) is 0 Å². The number of benzene rings is 1. The lowest BCUT2D eigenvalue weighted by Crippen LogP contribution is -2.16. The lowest BCUT2D eigenvalue weighted by atomic mass is 10.0. The first-order valence-corrected chi connectivity index (χ1v) is 5.93. The molecular weight excluding hydrogens is 250 g/mol. The van der Waals surface area contributed by atoms with Crippen LogP contribution in [0.4, 0.5) is 0 Å². The molecule has 0 aliphatic heterocycles. The van der Waals surface area contributed by atoms with Crippen LogP contribution in [0.5, 0.6) is 5.75 Å². The number of hydrogen-bond donors (Lipinski definition) is 1. The highest BCUT2D eigenvalue weighted by Crippen LogP contribution is 2.25. The van der Waals surface area contributed by atoms with Crippen LogP contribution in [0.25, 0.3) is 0 Å². The maximum atomic E-state index is 6.08. The van der Waals surface area contributed by atoms with Crippen LogP contribution >= 0.6 is 11.6 Å². The van der Waals surface area contributed by atoms with E-state index in [4.69, 9.17) is 22.1 Å². The average molecular weight is 264 g/mol. The quantitative estimate of drug-likeness (QED) is 0.920. The third-order valence-electron chi connectivity index (χ3n) is 2.60. The first-order chi connectivity index (χ1) is 8.70. The van der Waals surface area contributed by atoms with E-state index in [0.717, 1.165) is 11.3 Å². The van der Waals surface area contributed by atoms with Crippen molar-refractivity contribution in [3.63, 3.8) is 0 Å². The van der Waals surface area contributed by atoms with Gasteiger partial charge in [-0.15, -0.1) is 0 Å². The number of rotatable bonds is 4. The predicted molar refractivity (Wildman–Crippen MR) is 70.7 cm³/mol. The normalized spacial score (nSPS) is 12.2. The Balaban J connectivity index is 2.21. The van der Waals surface area contributed by atoms with Gasteiger partial charge in [-0.1, -0.05) is 11.6 Å². The van der Waals surface area contributed by atoms with Gasteiger partial charge < -0.3 is 10.5 Å². The molecule has 2 aromatic rings. The van der Waals surface area contributed by atoms with Gasteiger partial charge in [0.1, 0.15) is 11.6 Å². The van der Waals surface area contributed by atoms with E-state index >= 15 is 0 Å². The van der Waals surface area contributed by atoms with E-state index in [-0.39, 0.29) is 6.04 Å². The summed E-state index contributed by atoms with van der Waals surface area (Å²) in [5.74, 6) is 1.38. The summed E-state index contributed by atoms with van der Waals surface area (Å²) >= 11 is 5.98. The highest BCUT2D eigenvalue weighted by Gasteiger charge is 2.13. The minimum absolute atomic E-state index is 0.279. The maximum absolute atomic E-state index is 6.08. The van der Waals surface area contributed by atoms with Gasteiger partial charge in [-0.25, -0.2) is 9.97 Å². The van der Waals surface area contributed by atoms with E-state index < -0.39 is 0 Å². The van der Waals surface area contributed by atoms with Gasteiger partial charge in [-0.2, -0.15) is 0 Å². The summed E-state index contributed by atoms with van der Waals surface area (Å²) in [6.07, 6.45) is 3.93. The van der Waals surface area contributed by atoms with Crippen molar-refractivity contribution >= 4 is 11.6 Å². The Bertz CT molecular complexity index is 519. The number of nitrogens with zero attached hydrogens (tertiary/aromatic N) is 2. The van der Waals surface area contributed by atoms with Crippen LogP contribution in [0.15, 0.2) is 36.7 Å². The number of ether oxygens (including phenoxy) is 1. The second-order valence-electron chi connectivity index (χ2n) is 3.87. The van der Waals surface area contributed by atoms with E-state index in [0.29, 0.717) is 17.3 Å². The number of nitrogens with two attached hydrogens (primary N) is 1. The Hall–Kier alpha value is -1.65. The summed E-state index contributed by atoms with van der Waals surface area (Å²) in [5.41, 5.74) is 7.03. The number of halogens is 1. The minimum atomic E-state index is -0.279. The van der Waals surface area contributed by atoms with Crippen molar-refractivity contribution < 1.29 is 4.74 Å². The van der Waals surface area contributed by atoms with Gasteiger partial charge in [0.05, 0.1) is 13.2 Å². The Morgan fingerprint density at radius 1 is 1.33 bits per heavy atom. The molecule has 1 heterocycles. The van der Waals surface area contributed by atoms with Crippen LogP contribution in [0.3, 0.4) is 0 Å². The van der Waals surface area contributed by atoms with Crippen molar-refractivity contribution in [2.45, 2.75) is 12.5 Å². The molecule has 0 aliphatic rings. The zero-order chi connectivity index (χ0) is 13.0. The van der Waals surface area contributed by atoms with Crippen molar-refractivity contribution in [2.24, 2.45) is 5.73 Å². The molecule has 1 unspecified atom stereocenters. The summed E-state index contributed by atoms with van der Waals surface area (Å²) in [6.45, 7) is 0. The fourth-order valence-electron chi connectivity index (χ4n) is 1.74. The van der Waals surface area contributed by atoms with Gasteiger partial charge in [0.25, 0.3) is 0 Å². The lowest BCUT2D eigenvalue weighted by molar-refractivity contribution is 0.407. The van der Waals surface area contributed by atoms with E-state index in [2.05, 4.69) is 9.97 Å². The molecule has 2 rings (SSSR count). The maximum Gasteiger partial charge on any atom is 0.145 e. The van der Waals surface area contributed by atoms with Crippen LogP contribution in [0.2, 0.25) is 5.02 Å². The first kappa shape index (κ1) is 12.8. The molecule has 0 saturated carbocycles. The number of aromatic nitrogens is 2. The Morgan fingerprint density at radius 3 is 2.72 bits per heavy atom. The Kier molecular flexibility index (Phi) is 4.12. The molecule has 0 bridgehead atoms. The molecule has 0 radical (unpaired) electrons. The second-order valence-corrected chi connectivity index (χ2v) is 4.31.